The zero-order valence-corrected chi connectivity index (χ0v) is 7.19. The third kappa shape index (κ3) is 1.33. The van der Waals surface area contributed by atoms with Gasteiger partial charge in [0.2, 0.25) is 5.82 Å². The van der Waals surface area contributed by atoms with Crippen LogP contribution in [0.15, 0.2) is 18.3 Å². The minimum atomic E-state index is -0.653. The van der Waals surface area contributed by atoms with Crippen molar-refractivity contribution < 1.29 is 4.79 Å². The average molecular weight is 197 g/mol. The highest BCUT2D eigenvalue weighted by molar-refractivity contribution is 6.30. The molecule has 0 aromatic carbocycles. The van der Waals surface area contributed by atoms with E-state index in [4.69, 9.17) is 17.3 Å². The van der Waals surface area contributed by atoms with E-state index in [2.05, 4.69) is 10.1 Å². The molecule has 2 rings (SSSR count). The van der Waals surface area contributed by atoms with Gasteiger partial charge in [0.1, 0.15) is 0 Å². The fraction of sp³-hybridized carbons (Fsp3) is 0. The van der Waals surface area contributed by atoms with E-state index in [1.54, 1.807) is 18.3 Å². The van der Waals surface area contributed by atoms with Gasteiger partial charge in [0.05, 0.1) is 5.02 Å². The maximum atomic E-state index is 10.7. The standard InChI is InChI=1S/C7H5ClN4O/c8-4-1-2-5-10-7(6(9)13)11-12(5)3-4/h1-3H,(H2,9,13). The average Bonchev–Trinajstić information content (AvgIpc) is 2.46. The van der Waals surface area contributed by atoms with E-state index in [0.29, 0.717) is 10.7 Å². The number of amides is 1. The molecule has 2 aromatic heterocycles. The second kappa shape index (κ2) is 2.70. The van der Waals surface area contributed by atoms with E-state index in [0.717, 1.165) is 0 Å². The number of hydrogen-bond donors (Lipinski definition) is 1. The minimum absolute atomic E-state index is 0.0118. The Hall–Kier alpha value is -1.62. The van der Waals surface area contributed by atoms with Gasteiger partial charge in [-0.3, -0.25) is 4.79 Å². The van der Waals surface area contributed by atoms with Crippen molar-refractivity contribution in [2.45, 2.75) is 0 Å². The van der Waals surface area contributed by atoms with E-state index in [9.17, 15) is 4.79 Å². The summed E-state index contributed by atoms with van der Waals surface area (Å²) in [6, 6.07) is 3.32. The number of carbonyl (C=O) groups excluding carboxylic acids is 1. The van der Waals surface area contributed by atoms with Crippen LogP contribution < -0.4 is 5.73 Å². The molecule has 66 valence electrons. The number of carbonyl (C=O) groups is 1. The summed E-state index contributed by atoms with van der Waals surface area (Å²) in [5, 5.41) is 4.34. The number of rotatable bonds is 1. The predicted octanol–water partition coefficient (Wildman–Crippen LogP) is 0.482. The summed E-state index contributed by atoms with van der Waals surface area (Å²) >= 11 is 5.70. The summed E-state index contributed by atoms with van der Waals surface area (Å²) in [6.07, 6.45) is 1.55. The number of aromatic nitrogens is 3. The van der Waals surface area contributed by atoms with Gasteiger partial charge in [0, 0.05) is 6.20 Å². The molecule has 0 saturated carbocycles. The minimum Gasteiger partial charge on any atom is -0.363 e. The quantitative estimate of drug-likeness (QED) is 0.721. The Morgan fingerprint density at radius 2 is 2.31 bits per heavy atom. The summed E-state index contributed by atoms with van der Waals surface area (Å²) in [5.74, 6) is -0.665. The number of fused-ring (bicyclic) bond motifs is 1. The van der Waals surface area contributed by atoms with Crippen molar-refractivity contribution >= 4 is 23.2 Å². The Kier molecular flexibility index (Phi) is 1.66. The Bertz CT molecular complexity index is 478. The normalized spacial score (nSPS) is 10.5. The number of pyridine rings is 1. The molecule has 0 saturated heterocycles. The topological polar surface area (TPSA) is 73.3 Å². The van der Waals surface area contributed by atoms with Gasteiger partial charge in [0.25, 0.3) is 5.91 Å². The number of nitrogens with zero attached hydrogens (tertiary/aromatic N) is 3. The summed E-state index contributed by atoms with van der Waals surface area (Å²) in [6.45, 7) is 0. The largest absolute Gasteiger partial charge is 0.363 e. The lowest BCUT2D eigenvalue weighted by molar-refractivity contribution is 0.0990. The molecule has 0 fully saturated rings. The molecule has 0 radical (unpaired) electrons. The monoisotopic (exact) mass is 196 g/mol. The van der Waals surface area contributed by atoms with Crippen LogP contribution in [-0.2, 0) is 0 Å². The van der Waals surface area contributed by atoms with E-state index in [1.165, 1.54) is 4.52 Å². The van der Waals surface area contributed by atoms with Gasteiger partial charge < -0.3 is 5.73 Å². The molecule has 0 aliphatic heterocycles. The Morgan fingerprint density at radius 1 is 1.54 bits per heavy atom. The van der Waals surface area contributed by atoms with E-state index >= 15 is 0 Å². The van der Waals surface area contributed by atoms with Crippen LogP contribution in [0.5, 0.6) is 0 Å². The molecule has 5 nitrogen and oxygen atoms in total. The number of primary amides is 1. The Balaban J connectivity index is 2.68. The summed E-state index contributed by atoms with van der Waals surface area (Å²) in [5.41, 5.74) is 5.55. The first-order chi connectivity index (χ1) is 6.16. The Labute approximate surface area is 78.1 Å². The molecule has 0 spiro atoms. The second-order valence-electron chi connectivity index (χ2n) is 2.45. The third-order valence-electron chi connectivity index (χ3n) is 1.52. The molecule has 13 heavy (non-hydrogen) atoms. The molecule has 6 heteroatoms. The van der Waals surface area contributed by atoms with Gasteiger partial charge >= 0.3 is 0 Å². The number of nitrogens with two attached hydrogens (primary N) is 1. The zero-order valence-electron chi connectivity index (χ0n) is 6.44. The highest BCUT2D eigenvalue weighted by atomic mass is 35.5. The number of hydrogen-bond acceptors (Lipinski definition) is 3. The van der Waals surface area contributed by atoms with Crippen LogP contribution in [0.2, 0.25) is 5.02 Å². The lowest BCUT2D eigenvalue weighted by atomic mass is 10.5. The van der Waals surface area contributed by atoms with Crippen molar-refractivity contribution in [3.63, 3.8) is 0 Å². The highest BCUT2D eigenvalue weighted by Gasteiger charge is 2.07. The number of halogens is 1. The van der Waals surface area contributed by atoms with E-state index in [-0.39, 0.29) is 5.82 Å². The molecule has 0 atom stereocenters. The van der Waals surface area contributed by atoms with Crippen LogP contribution in [0.3, 0.4) is 0 Å². The molecular formula is C7H5ClN4O. The molecule has 1 amide bonds. The van der Waals surface area contributed by atoms with Gasteiger partial charge in [0.15, 0.2) is 5.65 Å². The molecule has 2 aromatic rings. The lowest BCUT2D eigenvalue weighted by Gasteiger charge is -1.89. The van der Waals surface area contributed by atoms with Crippen LogP contribution >= 0.6 is 11.6 Å². The Morgan fingerprint density at radius 3 is 3.00 bits per heavy atom. The summed E-state index contributed by atoms with van der Waals surface area (Å²) in [4.78, 5) is 14.6. The molecular weight excluding hydrogens is 192 g/mol. The van der Waals surface area contributed by atoms with Crippen molar-refractivity contribution in [3.8, 4) is 0 Å². The summed E-state index contributed by atoms with van der Waals surface area (Å²) < 4.78 is 1.41. The van der Waals surface area contributed by atoms with E-state index < -0.39 is 5.91 Å². The van der Waals surface area contributed by atoms with E-state index in [1.807, 2.05) is 0 Å². The predicted molar refractivity (Wildman–Crippen MR) is 46.5 cm³/mol. The molecule has 0 aliphatic rings. The molecule has 0 aliphatic carbocycles. The zero-order chi connectivity index (χ0) is 9.42. The first-order valence-electron chi connectivity index (χ1n) is 3.48. The van der Waals surface area contributed by atoms with Crippen LogP contribution in [-0.4, -0.2) is 20.5 Å². The van der Waals surface area contributed by atoms with Crippen molar-refractivity contribution in [1.29, 1.82) is 0 Å². The lowest BCUT2D eigenvalue weighted by Crippen LogP contribution is -2.12. The van der Waals surface area contributed by atoms with Crippen molar-refractivity contribution in [1.82, 2.24) is 14.6 Å². The maximum absolute atomic E-state index is 10.7. The van der Waals surface area contributed by atoms with Crippen LogP contribution in [0.1, 0.15) is 10.6 Å². The molecule has 0 unspecified atom stereocenters. The van der Waals surface area contributed by atoms with Gasteiger partial charge in [-0.25, -0.2) is 9.50 Å². The van der Waals surface area contributed by atoms with Crippen LogP contribution in [0.4, 0.5) is 0 Å². The third-order valence-corrected chi connectivity index (χ3v) is 1.74. The van der Waals surface area contributed by atoms with Crippen LogP contribution in [0.25, 0.3) is 5.65 Å². The van der Waals surface area contributed by atoms with Gasteiger partial charge in [-0.2, -0.15) is 0 Å². The van der Waals surface area contributed by atoms with Crippen molar-refractivity contribution in [3.05, 3.63) is 29.2 Å². The van der Waals surface area contributed by atoms with Gasteiger partial charge in [-0.1, -0.05) is 11.6 Å². The van der Waals surface area contributed by atoms with Gasteiger partial charge in [-0.05, 0) is 12.1 Å². The van der Waals surface area contributed by atoms with Crippen LogP contribution in [0, 0.1) is 0 Å². The SMILES string of the molecule is NC(=O)c1nc2ccc(Cl)cn2n1. The fourth-order valence-corrected chi connectivity index (χ4v) is 1.12. The highest BCUT2D eigenvalue weighted by Crippen LogP contribution is 2.09. The molecule has 2 heterocycles. The second-order valence-corrected chi connectivity index (χ2v) is 2.89. The van der Waals surface area contributed by atoms with Crippen molar-refractivity contribution in [2.75, 3.05) is 0 Å². The fourth-order valence-electron chi connectivity index (χ4n) is 0.962. The summed E-state index contributed by atoms with van der Waals surface area (Å²) in [7, 11) is 0. The smallest absolute Gasteiger partial charge is 0.288 e. The maximum Gasteiger partial charge on any atom is 0.288 e. The first-order valence-corrected chi connectivity index (χ1v) is 3.86. The molecule has 2 N–H and O–H groups in total. The van der Waals surface area contributed by atoms with Gasteiger partial charge in [-0.15, -0.1) is 5.10 Å². The first kappa shape index (κ1) is 8.00. The van der Waals surface area contributed by atoms with Crippen molar-refractivity contribution in [2.24, 2.45) is 5.73 Å². The molecule has 0 bridgehead atoms.